The average molecular weight is 560 g/mol. The maximum Gasteiger partial charge on any atom is 0.262 e. The van der Waals surface area contributed by atoms with Gasteiger partial charge in [-0.2, -0.15) is 0 Å². The Morgan fingerprint density at radius 1 is 1.00 bits per heavy atom. The molecule has 1 aromatic heterocycles. The van der Waals surface area contributed by atoms with Crippen molar-refractivity contribution in [1.29, 1.82) is 0 Å². The third-order valence-electron chi connectivity index (χ3n) is 6.75. The molecular formula is C29H29N5O5S. The molecule has 3 aromatic carbocycles. The van der Waals surface area contributed by atoms with Crippen LogP contribution in [-0.4, -0.2) is 59.7 Å². The van der Waals surface area contributed by atoms with Crippen molar-refractivity contribution >= 4 is 40.6 Å². The predicted octanol–water partition coefficient (Wildman–Crippen LogP) is 3.77. The van der Waals surface area contributed by atoms with Gasteiger partial charge in [-0.15, -0.1) is 0 Å². The van der Waals surface area contributed by atoms with Gasteiger partial charge < -0.3 is 30.0 Å². The van der Waals surface area contributed by atoms with Crippen LogP contribution in [0.3, 0.4) is 0 Å². The highest BCUT2D eigenvalue weighted by molar-refractivity contribution is 7.71. The molecule has 2 heterocycles. The molecule has 0 radical (unpaired) electrons. The van der Waals surface area contributed by atoms with Crippen molar-refractivity contribution in [2.45, 2.75) is 13.5 Å². The molecule has 0 spiro atoms. The molecule has 0 unspecified atom stereocenters. The number of nitrogens with one attached hydrogen (secondary N) is 3. The summed E-state index contributed by atoms with van der Waals surface area (Å²) in [6.45, 7) is 4.71. The number of hydrogen-bond acceptors (Lipinski definition) is 7. The van der Waals surface area contributed by atoms with Gasteiger partial charge in [-0.1, -0.05) is 13.0 Å². The van der Waals surface area contributed by atoms with Crippen molar-refractivity contribution < 1.29 is 19.1 Å². The molecule has 2 amide bonds. The Morgan fingerprint density at radius 2 is 1.75 bits per heavy atom. The van der Waals surface area contributed by atoms with Crippen molar-refractivity contribution in [3.8, 4) is 11.5 Å². The van der Waals surface area contributed by atoms with E-state index in [-0.39, 0.29) is 35.5 Å². The van der Waals surface area contributed by atoms with Crippen LogP contribution in [0.5, 0.6) is 11.5 Å². The smallest absolute Gasteiger partial charge is 0.262 e. The first-order valence-electron chi connectivity index (χ1n) is 12.9. The second-order valence-corrected chi connectivity index (χ2v) is 9.84. The first kappa shape index (κ1) is 27.1. The highest BCUT2D eigenvalue weighted by Crippen LogP contribution is 2.32. The Balaban J connectivity index is 1.27. The molecule has 10 nitrogen and oxygen atoms in total. The van der Waals surface area contributed by atoms with Gasteiger partial charge >= 0.3 is 0 Å². The second-order valence-electron chi connectivity index (χ2n) is 9.45. The number of ether oxygens (including phenoxy) is 2. The molecule has 40 heavy (non-hydrogen) atoms. The van der Waals surface area contributed by atoms with E-state index in [0.717, 1.165) is 18.7 Å². The summed E-state index contributed by atoms with van der Waals surface area (Å²) < 4.78 is 12.5. The summed E-state index contributed by atoms with van der Waals surface area (Å²) in [6.07, 6.45) is 0. The van der Waals surface area contributed by atoms with Crippen LogP contribution >= 0.6 is 12.2 Å². The SMILES string of the molecule is CCN(C)CCNC(=O)c1ccc(NC(=O)c2ccc3c(=O)n(Cc4ccc5c(c4)OCO5)c(=S)[nH]c3c2)cc1. The fourth-order valence-corrected chi connectivity index (χ4v) is 4.55. The van der Waals surface area contributed by atoms with Crippen molar-refractivity contribution in [3.05, 3.63) is 92.5 Å². The van der Waals surface area contributed by atoms with E-state index in [0.29, 0.717) is 45.8 Å². The lowest BCUT2D eigenvalue weighted by atomic mass is 10.1. The molecule has 1 aliphatic heterocycles. The molecule has 1 aliphatic rings. The van der Waals surface area contributed by atoms with Gasteiger partial charge in [0.2, 0.25) is 6.79 Å². The summed E-state index contributed by atoms with van der Waals surface area (Å²) in [6, 6.07) is 17.0. The van der Waals surface area contributed by atoms with Crippen LogP contribution in [0.4, 0.5) is 5.69 Å². The number of likely N-dealkylation sites (N-methyl/N-ethyl adjacent to an activating group) is 1. The summed E-state index contributed by atoms with van der Waals surface area (Å²) in [4.78, 5) is 43.7. The van der Waals surface area contributed by atoms with Crippen molar-refractivity contribution in [3.63, 3.8) is 0 Å². The van der Waals surface area contributed by atoms with E-state index in [1.54, 1.807) is 48.5 Å². The first-order valence-corrected chi connectivity index (χ1v) is 13.3. The van der Waals surface area contributed by atoms with Gasteiger partial charge in [0.15, 0.2) is 16.3 Å². The Bertz CT molecular complexity index is 1700. The molecular weight excluding hydrogens is 530 g/mol. The van der Waals surface area contributed by atoms with E-state index in [9.17, 15) is 14.4 Å². The summed E-state index contributed by atoms with van der Waals surface area (Å²) in [5.74, 6) is 0.769. The zero-order chi connectivity index (χ0) is 28.2. The Kier molecular flexibility index (Phi) is 7.94. The zero-order valence-electron chi connectivity index (χ0n) is 22.2. The van der Waals surface area contributed by atoms with Gasteiger partial charge in [0.1, 0.15) is 0 Å². The molecule has 0 aliphatic carbocycles. The van der Waals surface area contributed by atoms with Gasteiger partial charge in [0.05, 0.1) is 17.4 Å². The number of benzene rings is 3. The number of anilines is 1. The van der Waals surface area contributed by atoms with E-state index in [1.807, 2.05) is 19.2 Å². The van der Waals surface area contributed by atoms with Crippen LogP contribution in [0.25, 0.3) is 10.9 Å². The summed E-state index contributed by atoms with van der Waals surface area (Å²) in [5, 5.41) is 6.12. The standard InChI is InChI=1S/C29H29N5O5S/c1-3-33(2)13-12-30-26(35)19-5-8-21(9-6-19)31-27(36)20-7-10-22-23(15-20)32-29(40)34(28(22)37)16-18-4-11-24-25(14-18)39-17-38-24/h4-11,14-15H,3,12-13,16-17H2,1-2H3,(H,30,35)(H,31,36)(H,32,40). The number of rotatable bonds is 9. The van der Waals surface area contributed by atoms with Crippen LogP contribution in [0.2, 0.25) is 0 Å². The number of aromatic nitrogens is 2. The Labute approximate surface area is 235 Å². The maximum absolute atomic E-state index is 13.2. The Hall–Kier alpha value is -4.48. The predicted molar refractivity (Wildman–Crippen MR) is 155 cm³/mol. The van der Waals surface area contributed by atoms with Crippen LogP contribution in [0.1, 0.15) is 33.2 Å². The fourth-order valence-electron chi connectivity index (χ4n) is 4.29. The topological polar surface area (TPSA) is 118 Å². The molecule has 0 fully saturated rings. The van der Waals surface area contributed by atoms with Crippen LogP contribution in [0.15, 0.2) is 65.5 Å². The van der Waals surface area contributed by atoms with Crippen LogP contribution in [0, 0.1) is 4.77 Å². The van der Waals surface area contributed by atoms with E-state index in [1.165, 1.54) is 4.57 Å². The van der Waals surface area contributed by atoms with Gasteiger partial charge in [0, 0.05) is 29.9 Å². The number of aromatic amines is 1. The number of fused-ring (bicyclic) bond motifs is 2. The van der Waals surface area contributed by atoms with E-state index < -0.39 is 0 Å². The lowest BCUT2D eigenvalue weighted by Crippen LogP contribution is -2.32. The monoisotopic (exact) mass is 559 g/mol. The molecule has 0 saturated carbocycles. The lowest BCUT2D eigenvalue weighted by molar-refractivity contribution is 0.0949. The molecule has 11 heteroatoms. The van der Waals surface area contributed by atoms with Crippen LogP contribution in [-0.2, 0) is 6.54 Å². The maximum atomic E-state index is 13.2. The molecule has 3 N–H and O–H groups in total. The zero-order valence-corrected chi connectivity index (χ0v) is 23.0. The number of carbonyl (C=O) groups is 2. The summed E-state index contributed by atoms with van der Waals surface area (Å²) in [7, 11) is 1.99. The number of amides is 2. The minimum atomic E-state index is -0.356. The molecule has 206 valence electrons. The Morgan fingerprint density at radius 3 is 2.52 bits per heavy atom. The van der Waals surface area contributed by atoms with Gasteiger partial charge in [-0.25, -0.2) is 0 Å². The summed E-state index contributed by atoms with van der Waals surface area (Å²) >= 11 is 5.47. The minimum absolute atomic E-state index is 0.170. The minimum Gasteiger partial charge on any atom is -0.454 e. The third-order valence-corrected chi connectivity index (χ3v) is 7.07. The lowest BCUT2D eigenvalue weighted by Gasteiger charge is -2.14. The van der Waals surface area contributed by atoms with E-state index in [4.69, 9.17) is 21.7 Å². The second kappa shape index (κ2) is 11.7. The van der Waals surface area contributed by atoms with Gasteiger partial charge in [-0.3, -0.25) is 19.0 Å². The normalized spacial score (nSPS) is 12.1. The van der Waals surface area contributed by atoms with Gasteiger partial charge in [-0.05, 0) is 86.0 Å². The molecule has 0 saturated heterocycles. The molecule has 0 bridgehead atoms. The average Bonchev–Trinajstić information content (AvgIpc) is 3.43. The van der Waals surface area contributed by atoms with Crippen molar-refractivity contribution in [1.82, 2.24) is 19.8 Å². The fraction of sp³-hybridized carbons (Fsp3) is 0.241. The van der Waals surface area contributed by atoms with Crippen molar-refractivity contribution in [2.24, 2.45) is 0 Å². The number of H-pyrrole nitrogens is 1. The molecule has 4 aromatic rings. The number of carbonyl (C=O) groups excluding carboxylic acids is 2. The molecule has 0 atom stereocenters. The molecule has 5 rings (SSSR count). The van der Waals surface area contributed by atoms with E-state index in [2.05, 4.69) is 27.4 Å². The van der Waals surface area contributed by atoms with Gasteiger partial charge in [0.25, 0.3) is 17.4 Å². The first-order chi connectivity index (χ1) is 19.3. The van der Waals surface area contributed by atoms with E-state index >= 15 is 0 Å². The highest BCUT2D eigenvalue weighted by Gasteiger charge is 2.15. The summed E-state index contributed by atoms with van der Waals surface area (Å²) in [5.41, 5.74) is 2.44. The number of hydrogen-bond donors (Lipinski definition) is 3. The van der Waals surface area contributed by atoms with Crippen LogP contribution < -0.4 is 25.7 Å². The number of nitrogens with zero attached hydrogens (tertiary/aromatic N) is 2. The van der Waals surface area contributed by atoms with Crippen molar-refractivity contribution in [2.75, 3.05) is 38.8 Å². The quantitative estimate of drug-likeness (QED) is 0.267. The largest absolute Gasteiger partial charge is 0.454 e. The highest BCUT2D eigenvalue weighted by atomic mass is 32.1. The third kappa shape index (κ3) is 5.90.